The van der Waals surface area contributed by atoms with Gasteiger partial charge in [0.15, 0.2) is 5.82 Å². The zero-order chi connectivity index (χ0) is 18.1. The number of anilines is 2. The van der Waals surface area contributed by atoms with Gasteiger partial charge in [-0.15, -0.1) is 0 Å². The number of H-pyrrole nitrogens is 1. The van der Waals surface area contributed by atoms with Crippen LogP contribution in [0.1, 0.15) is 0 Å². The van der Waals surface area contributed by atoms with Crippen molar-refractivity contribution in [3.63, 3.8) is 0 Å². The first-order valence-electron chi connectivity index (χ1n) is 7.72. The zero-order valence-corrected chi connectivity index (χ0v) is 13.6. The molecule has 0 spiro atoms. The van der Waals surface area contributed by atoms with E-state index in [1.54, 1.807) is 7.11 Å². The maximum Gasteiger partial charge on any atom is 0.202 e. The minimum absolute atomic E-state index is 0.0977. The number of nitrogens with one attached hydrogen (secondary N) is 2. The standard InChI is InChI=1S/C18H13F2N5O/c1-26-14-5-3-2-4-11(14)16-17-18(25-24-16)23-15(9-21-17)22-13-7-6-10(19)8-12(13)20/h2-9H,1H3,(H2,22,23,24,25). The summed E-state index contributed by atoms with van der Waals surface area (Å²) in [7, 11) is 1.59. The predicted molar refractivity (Wildman–Crippen MR) is 93.3 cm³/mol. The fourth-order valence-electron chi connectivity index (χ4n) is 2.62. The van der Waals surface area contributed by atoms with Crippen molar-refractivity contribution in [3.05, 3.63) is 60.3 Å². The summed E-state index contributed by atoms with van der Waals surface area (Å²) in [4.78, 5) is 8.68. The Labute approximate surface area is 146 Å². The monoisotopic (exact) mass is 353 g/mol. The van der Waals surface area contributed by atoms with Crippen molar-refractivity contribution in [2.24, 2.45) is 0 Å². The average molecular weight is 353 g/mol. The fourth-order valence-corrected chi connectivity index (χ4v) is 2.62. The molecular formula is C18H13F2N5O. The second-order valence-corrected chi connectivity index (χ2v) is 5.48. The molecule has 2 N–H and O–H groups in total. The maximum absolute atomic E-state index is 13.8. The smallest absolute Gasteiger partial charge is 0.202 e. The third kappa shape index (κ3) is 2.81. The van der Waals surface area contributed by atoms with Crippen molar-refractivity contribution < 1.29 is 13.5 Å². The number of hydrogen-bond acceptors (Lipinski definition) is 5. The highest BCUT2D eigenvalue weighted by Gasteiger charge is 2.15. The van der Waals surface area contributed by atoms with Crippen LogP contribution in [0.3, 0.4) is 0 Å². The van der Waals surface area contributed by atoms with Gasteiger partial charge >= 0.3 is 0 Å². The Kier molecular flexibility index (Phi) is 3.92. The average Bonchev–Trinajstić information content (AvgIpc) is 3.07. The molecule has 0 atom stereocenters. The van der Waals surface area contributed by atoms with Crippen LogP contribution >= 0.6 is 0 Å². The van der Waals surface area contributed by atoms with E-state index in [0.717, 1.165) is 17.7 Å². The van der Waals surface area contributed by atoms with Crippen LogP contribution in [0.15, 0.2) is 48.7 Å². The van der Waals surface area contributed by atoms with Crippen molar-refractivity contribution in [1.29, 1.82) is 0 Å². The van der Waals surface area contributed by atoms with Gasteiger partial charge in [0.2, 0.25) is 5.65 Å². The van der Waals surface area contributed by atoms with E-state index in [2.05, 4.69) is 25.5 Å². The molecule has 26 heavy (non-hydrogen) atoms. The number of halogens is 2. The Balaban J connectivity index is 1.71. The lowest BCUT2D eigenvalue weighted by atomic mass is 10.1. The second-order valence-electron chi connectivity index (χ2n) is 5.48. The lowest BCUT2D eigenvalue weighted by Gasteiger charge is -2.07. The van der Waals surface area contributed by atoms with Crippen LogP contribution in [-0.2, 0) is 0 Å². The number of nitrogens with zero attached hydrogens (tertiary/aromatic N) is 3. The molecule has 130 valence electrons. The Bertz CT molecular complexity index is 1100. The Morgan fingerprint density at radius 1 is 1.12 bits per heavy atom. The molecule has 0 aliphatic carbocycles. The molecule has 2 heterocycles. The van der Waals surface area contributed by atoms with E-state index < -0.39 is 11.6 Å². The molecule has 6 nitrogen and oxygen atoms in total. The van der Waals surface area contributed by atoms with Crippen molar-refractivity contribution >= 4 is 22.7 Å². The van der Waals surface area contributed by atoms with E-state index in [1.165, 1.54) is 12.3 Å². The van der Waals surface area contributed by atoms with Crippen LogP contribution < -0.4 is 10.1 Å². The highest BCUT2D eigenvalue weighted by atomic mass is 19.1. The van der Waals surface area contributed by atoms with Crippen LogP contribution in [0.4, 0.5) is 20.3 Å². The third-order valence-electron chi connectivity index (χ3n) is 3.83. The first kappa shape index (κ1) is 15.9. The normalized spacial score (nSPS) is 10.9. The van der Waals surface area contributed by atoms with Gasteiger partial charge in [-0.05, 0) is 24.3 Å². The molecule has 0 amide bonds. The maximum atomic E-state index is 13.8. The Hall–Kier alpha value is -3.55. The second kappa shape index (κ2) is 6.40. The van der Waals surface area contributed by atoms with Gasteiger partial charge in [-0.2, -0.15) is 5.10 Å². The molecule has 8 heteroatoms. The largest absolute Gasteiger partial charge is 0.496 e. The number of fused-ring (bicyclic) bond motifs is 1. The molecule has 2 aromatic carbocycles. The molecule has 4 aromatic rings. The van der Waals surface area contributed by atoms with E-state index in [4.69, 9.17) is 4.74 Å². The van der Waals surface area contributed by atoms with Gasteiger partial charge in [-0.1, -0.05) is 12.1 Å². The van der Waals surface area contributed by atoms with Gasteiger partial charge in [-0.3, -0.25) is 5.10 Å². The van der Waals surface area contributed by atoms with E-state index in [9.17, 15) is 8.78 Å². The number of methoxy groups -OCH3 is 1. The fraction of sp³-hybridized carbons (Fsp3) is 0.0556. The summed E-state index contributed by atoms with van der Waals surface area (Å²) in [5.74, 6) is -0.400. The summed E-state index contributed by atoms with van der Waals surface area (Å²) >= 11 is 0. The van der Waals surface area contributed by atoms with Gasteiger partial charge in [0, 0.05) is 11.6 Å². The highest BCUT2D eigenvalue weighted by molar-refractivity contribution is 5.89. The van der Waals surface area contributed by atoms with Gasteiger partial charge in [0.25, 0.3) is 0 Å². The van der Waals surface area contributed by atoms with E-state index >= 15 is 0 Å². The van der Waals surface area contributed by atoms with Gasteiger partial charge in [0.1, 0.15) is 22.9 Å². The number of benzene rings is 2. The molecule has 0 saturated heterocycles. The van der Waals surface area contributed by atoms with E-state index in [1.807, 2.05) is 24.3 Å². The quantitative estimate of drug-likeness (QED) is 0.579. The third-order valence-corrected chi connectivity index (χ3v) is 3.83. The number of para-hydroxylation sites is 1. The number of aromatic amines is 1. The number of ether oxygens (including phenoxy) is 1. The van der Waals surface area contributed by atoms with E-state index in [-0.39, 0.29) is 5.69 Å². The van der Waals surface area contributed by atoms with Crippen LogP contribution in [0, 0.1) is 11.6 Å². The number of rotatable bonds is 4. The van der Waals surface area contributed by atoms with Crippen molar-refractivity contribution in [2.75, 3.05) is 12.4 Å². The number of hydrogen-bond donors (Lipinski definition) is 2. The van der Waals surface area contributed by atoms with Crippen molar-refractivity contribution in [1.82, 2.24) is 20.2 Å². The summed E-state index contributed by atoms with van der Waals surface area (Å²) in [5, 5.41) is 9.84. The molecular weight excluding hydrogens is 340 g/mol. The van der Waals surface area contributed by atoms with Crippen molar-refractivity contribution in [3.8, 4) is 17.0 Å². The highest BCUT2D eigenvalue weighted by Crippen LogP contribution is 2.32. The SMILES string of the molecule is COc1ccccc1-c1[nH]nc2nc(Nc3ccc(F)cc3F)cnc12. The van der Waals surface area contributed by atoms with Crippen LogP contribution in [-0.4, -0.2) is 27.3 Å². The van der Waals surface area contributed by atoms with Crippen LogP contribution in [0.2, 0.25) is 0 Å². The summed E-state index contributed by atoms with van der Waals surface area (Å²) in [5.41, 5.74) is 2.49. The Morgan fingerprint density at radius 3 is 2.77 bits per heavy atom. The summed E-state index contributed by atoms with van der Waals surface area (Å²) in [6.45, 7) is 0. The molecule has 0 fully saturated rings. The van der Waals surface area contributed by atoms with Gasteiger partial charge in [0.05, 0.1) is 24.7 Å². The molecule has 0 aliphatic heterocycles. The first-order chi connectivity index (χ1) is 12.7. The number of aromatic nitrogens is 4. The predicted octanol–water partition coefficient (Wildman–Crippen LogP) is 4.05. The lowest BCUT2D eigenvalue weighted by molar-refractivity contribution is 0.416. The molecule has 0 unspecified atom stereocenters. The van der Waals surface area contributed by atoms with Gasteiger partial charge in [-0.25, -0.2) is 18.7 Å². The minimum atomic E-state index is -0.719. The molecule has 0 saturated carbocycles. The molecule has 0 bridgehead atoms. The van der Waals surface area contributed by atoms with Gasteiger partial charge < -0.3 is 10.1 Å². The minimum Gasteiger partial charge on any atom is -0.496 e. The summed E-state index contributed by atoms with van der Waals surface area (Å²) in [6.07, 6.45) is 1.46. The summed E-state index contributed by atoms with van der Waals surface area (Å²) < 4.78 is 32.1. The topological polar surface area (TPSA) is 75.7 Å². The van der Waals surface area contributed by atoms with E-state index in [0.29, 0.717) is 28.4 Å². The van der Waals surface area contributed by atoms with Crippen molar-refractivity contribution in [2.45, 2.75) is 0 Å². The molecule has 0 radical (unpaired) electrons. The molecule has 0 aliphatic rings. The van der Waals surface area contributed by atoms with Crippen LogP contribution in [0.5, 0.6) is 5.75 Å². The lowest BCUT2D eigenvalue weighted by Crippen LogP contribution is -1.98. The molecule has 2 aromatic heterocycles. The van der Waals surface area contributed by atoms with Crippen LogP contribution in [0.25, 0.3) is 22.4 Å². The first-order valence-corrected chi connectivity index (χ1v) is 7.72. The molecule has 4 rings (SSSR count). The zero-order valence-electron chi connectivity index (χ0n) is 13.6. The summed E-state index contributed by atoms with van der Waals surface area (Å²) in [6, 6.07) is 10.7. The Morgan fingerprint density at radius 2 is 1.96 bits per heavy atom.